The minimum Gasteiger partial charge on any atom is -0.496 e. The summed E-state index contributed by atoms with van der Waals surface area (Å²) in [6.07, 6.45) is 1.50. The van der Waals surface area contributed by atoms with Gasteiger partial charge in [-0.2, -0.15) is 8.42 Å². The van der Waals surface area contributed by atoms with E-state index in [0.717, 1.165) is 61.9 Å². The summed E-state index contributed by atoms with van der Waals surface area (Å²) >= 11 is 0. The predicted octanol–water partition coefficient (Wildman–Crippen LogP) is 4.16. The smallest absolute Gasteiger partial charge is 0.341 e. The Morgan fingerprint density at radius 3 is 2.05 bits per heavy atom. The van der Waals surface area contributed by atoms with E-state index in [4.69, 9.17) is 23.5 Å². The second-order valence-electron chi connectivity index (χ2n) is 9.32. The van der Waals surface area contributed by atoms with Crippen LogP contribution in [-0.2, 0) is 21.5 Å². The highest BCUT2D eigenvalue weighted by atomic mass is 32.2. The highest BCUT2D eigenvalue weighted by Crippen LogP contribution is 2.28. The number of carbonyl (C=O) groups is 1. The summed E-state index contributed by atoms with van der Waals surface area (Å²) in [6.45, 7) is 5.37. The lowest BCUT2D eigenvalue weighted by Crippen LogP contribution is -2.46. The van der Waals surface area contributed by atoms with Crippen molar-refractivity contribution >= 4 is 21.8 Å². The molecular weight excluding hydrogens is 548 g/mol. The van der Waals surface area contributed by atoms with Crippen molar-refractivity contribution in [3.05, 3.63) is 83.9 Å². The van der Waals surface area contributed by atoms with Crippen molar-refractivity contribution in [1.82, 2.24) is 4.90 Å². The molecule has 10 nitrogen and oxygen atoms in total. The van der Waals surface area contributed by atoms with E-state index < -0.39 is 10.1 Å². The number of esters is 1. The monoisotopic (exact) mass is 586 g/mol. The highest BCUT2D eigenvalue weighted by Gasteiger charge is 2.20. The number of ether oxygens (including phenoxy) is 4. The minimum absolute atomic E-state index is 0.301. The Kier molecular flexibility index (Phi) is 12.3. The first-order valence-corrected chi connectivity index (χ1v) is 15.1. The number of hydrogen-bond acceptors (Lipinski definition) is 9. The van der Waals surface area contributed by atoms with Crippen LogP contribution in [0.5, 0.6) is 17.2 Å². The first-order valence-electron chi connectivity index (χ1n) is 13.2. The van der Waals surface area contributed by atoms with Crippen molar-refractivity contribution in [3.8, 4) is 17.2 Å². The summed E-state index contributed by atoms with van der Waals surface area (Å²) in [5.74, 6) is 1.79. The van der Waals surface area contributed by atoms with E-state index in [2.05, 4.69) is 15.9 Å². The molecule has 4 rings (SSSR count). The number of piperazine rings is 1. The van der Waals surface area contributed by atoms with Crippen LogP contribution < -0.4 is 19.1 Å². The molecule has 1 fully saturated rings. The fourth-order valence-electron chi connectivity index (χ4n) is 4.37. The van der Waals surface area contributed by atoms with Gasteiger partial charge >= 0.3 is 5.97 Å². The van der Waals surface area contributed by atoms with Crippen LogP contribution in [0.4, 0.5) is 5.69 Å². The third-order valence-corrected chi connectivity index (χ3v) is 6.33. The average Bonchev–Trinajstić information content (AvgIpc) is 2.98. The number of benzene rings is 3. The van der Waals surface area contributed by atoms with Crippen molar-refractivity contribution < 1.29 is 36.7 Å². The van der Waals surface area contributed by atoms with E-state index in [1.54, 1.807) is 26.4 Å². The number of carbonyl (C=O) groups excluding carboxylic acids is 1. The number of nitrogens with zero attached hydrogens (tertiary/aromatic N) is 2. The summed E-state index contributed by atoms with van der Waals surface area (Å²) in [5.41, 5.74) is 2.48. The maximum atomic E-state index is 12.8. The molecule has 3 aromatic rings. The molecule has 0 radical (unpaired) electrons. The molecule has 222 valence electrons. The molecule has 11 heteroatoms. The van der Waals surface area contributed by atoms with Gasteiger partial charge in [-0.05, 0) is 36.8 Å². The van der Waals surface area contributed by atoms with Gasteiger partial charge in [-0.15, -0.1) is 0 Å². The van der Waals surface area contributed by atoms with E-state index in [0.29, 0.717) is 30.8 Å². The second kappa shape index (κ2) is 15.8. The Bertz CT molecular complexity index is 1350. The van der Waals surface area contributed by atoms with Crippen LogP contribution >= 0.6 is 0 Å². The van der Waals surface area contributed by atoms with Crippen LogP contribution in [0, 0.1) is 0 Å². The van der Waals surface area contributed by atoms with Gasteiger partial charge in [-0.3, -0.25) is 9.45 Å². The zero-order valence-electron chi connectivity index (χ0n) is 23.7. The standard InChI is InChI=1S/C29H34N2O5.CH4O3S/c1-33-26-13-6-3-10-23(26)22-36-27-14-7-4-11-24(27)29(32)35-21-9-16-30-17-19-31(20-18-30)25-12-5-8-15-28(25)34-2;1-5(2,3)4/h3-8,10-15H,9,16-22H2,1-2H3;1H3,(H,2,3,4). The number of anilines is 1. The predicted molar refractivity (Wildman–Crippen MR) is 158 cm³/mol. The third-order valence-electron chi connectivity index (χ3n) is 6.33. The zero-order chi connectivity index (χ0) is 29.7. The van der Waals surface area contributed by atoms with E-state index in [9.17, 15) is 13.2 Å². The van der Waals surface area contributed by atoms with Crippen LogP contribution in [0.25, 0.3) is 0 Å². The molecule has 0 aromatic heterocycles. The molecule has 0 saturated carbocycles. The van der Waals surface area contributed by atoms with Gasteiger partial charge < -0.3 is 23.8 Å². The van der Waals surface area contributed by atoms with Crippen LogP contribution in [0.15, 0.2) is 72.8 Å². The third kappa shape index (κ3) is 10.6. The van der Waals surface area contributed by atoms with Gasteiger partial charge in [0.15, 0.2) is 0 Å². The van der Waals surface area contributed by atoms with E-state index in [1.165, 1.54) is 0 Å². The molecule has 0 bridgehead atoms. The lowest BCUT2D eigenvalue weighted by atomic mass is 10.2. The first kappa shape index (κ1) is 31.7. The fraction of sp³-hybridized carbons (Fsp3) is 0.367. The summed E-state index contributed by atoms with van der Waals surface area (Å²) < 4.78 is 48.3. The molecule has 0 unspecified atom stereocenters. The lowest BCUT2D eigenvalue weighted by Gasteiger charge is -2.36. The molecule has 0 atom stereocenters. The zero-order valence-corrected chi connectivity index (χ0v) is 24.5. The Hall–Kier alpha value is -3.80. The summed E-state index contributed by atoms with van der Waals surface area (Å²) in [5, 5.41) is 0. The normalized spacial score (nSPS) is 13.5. The number of methoxy groups -OCH3 is 2. The Labute approximate surface area is 242 Å². The number of rotatable bonds is 11. The van der Waals surface area contributed by atoms with Crippen LogP contribution in [0.2, 0.25) is 0 Å². The first-order chi connectivity index (χ1) is 19.7. The SMILES string of the molecule is COc1ccccc1COc1ccccc1C(=O)OCCCN1CCN(c2ccccc2OC)CC1.CS(=O)(=O)O. The van der Waals surface area contributed by atoms with Crippen molar-refractivity contribution in [2.45, 2.75) is 13.0 Å². The van der Waals surface area contributed by atoms with Crippen LogP contribution in [0.3, 0.4) is 0 Å². The van der Waals surface area contributed by atoms with Crippen molar-refractivity contribution in [2.75, 3.05) is 64.7 Å². The summed E-state index contributed by atoms with van der Waals surface area (Å²) in [7, 11) is -0.328. The molecule has 0 spiro atoms. The molecule has 3 aromatic carbocycles. The minimum atomic E-state index is -3.67. The Morgan fingerprint density at radius 1 is 0.829 bits per heavy atom. The lowest BCUT2D eigenvalue weighted by molar-refractivity contribution is 0.0482. The van der Waals surface area contributed by atoms with E-state index in [1.807, 2.05) is 54.6 Å². The van der Waals surface area contributed by atoms with Gasteiger partial charge in [0.05, 0.1) is 32.8 Å². The van der Waals surface area contributed by atoms with Gasteiger partial charge in [-0.1, -0.05) is 42.5 Å². The second-order valence-corrected chi connectivity index (χ2v) is 10.8. The van der Waals surface area contributed by atoms with Crippen LogP contribution in [-0.4, -0.2) is 83.6 Å². The van der Waals surface area contributed by atoms with E-state index in [-0.39, 0.29) is 5.97 Å². The average molecular weight is 587 g/mol. The molecule has 1 N–H and O–H groups in total. The number of para-hydroxylation sites is 4. The summed E-state index contributed by atoms with van der Waals surface area (Å²) in [6, 6.07) is 23.0. The topological polar surface area (TPSA) is 115 Å². The summed E-state index contributed by atoms with van der Waals surface area (Å²) in [4.78, 5) is 17.5. The van der Waals surface area contributed by atoms with Crippen molar-refractivity contribution in [1.29, 1.82) is 0 Å². The molecule has 41 heavy (non-hydrogen) atoms. The molecule has 1 aliphatic heterocycles. The highest BCUT2D eigenvalue weighted by molar-refractivity contribution is 7.85. The molecular formula is C30H38N2O8S. The van der Waals surface area contributed by atoms with E-state index >= 15 is 0 Å². The quantitative estimate of drug-likeness (QED) is 0.200. The van der Waals surface area contributed by atoms with Gasteiger partial charge in [0.25, 0.3) is 10.1 Å². The van der Waals surface area contributed by atoms with Gasteiger partial charge in [-0.25, -0.2) is 4.79 Å². The number of hydrogen-bond donors (Lipinski definition) is 1. The van der Waals surface area contributed by atoms with Gasteiger partial charge in [0, 0.05) is 38.3 Å². The van der Waals surface area contributed by atoms with Crippen LogP contribution in [0.1, 0.15) is 22.3 Å². The maximum absolute atomic E-state index is 12.8. The maximum Gasteiger partial charge on any atom is 0.341 e. The molecule has 0 aliphatic carbocycles. The molecule has 1 saturated heterocycles. The Morgan fingerprint density at radius 2 is 1.39 bits per heavy atom. The fourth-order valence-corrected chi connectivity index (χ4v) is 4.37. The van der Waals surface area contributed by atoms with Gasteiger partial charge in [0.2, 0.25) is 0 Å². The van der Waals surface area contributed by atoms with Crippen molar-refractivity contribution in [2.24, 2.45) is 0 Å². The Balaban J connectivity index is 0.000000850. The largest absolute Gasteiger partial charge is 0.496 e. The molecule has 1 heterocycles. The molecule has 1 aliphatic rings. The molecule has 0 amide bonds. The van der Waals surface area contributed by atoms with Crippen molar-refractivity contribution in [3.63, 3.8) is 0 Å². The van der Waals surface area contributed by atoms with Gasteiger partial charge in [0.1, 0.15) is 29.4 Å².